The second-order valence-corrected chi connectivity index (χ2v) is 2.99. The van der Waals surface area contributed by atoms with E-state index in [4.69, 9.17) is 0 Å². The first-order chi connectivity index (χ1) is 6.86. The summed E-state index contributed by atoms with van der Waals surface area (Å²) in [6.45, 7) is -3.81. The van der Waals surface area contributed by atoms with E-state index >= 15 is 0 Å². The molecule has 0 spiro atoms. The first-order valence-electron chi connectivity index (χ1n) is 4.11. The van der Waals surface area contributed by atoms with Gasteiger partial charge >= 0.3 is 64.3 Å². The monoisotopic (exact) mass is 257 g/mol. The number of halogens is 3. The zero-order valence-electron chi connectivity index (χ0n) is 9.13. The predicted octanol–water partition coefficient (Wildman–Crippen LogP) is -1.76. The van der Waals surface area contributed by atoms with Gasteiger partial charge in [-0.25, -0.2) is 4.79 Å². The quantitative estimate of drug-likeness (QED) is 0.465. The minimum atomic E-state index is -5.09. The van der Waals surface area contributed by atoms with Crippen molar-refractivity contribution in [3.8, 4) is 0 Å². The van der Waals surface area contributed by atoms with E-state index in [1.165, 1.54) is 6.92 Å². The molecule has 0 radical (unpaired) electrons. The van der Waals surface area contributed by atoms with E-state index in [9.17, 15) is 17.7 Å². The van der Waals surface area contributed by atoms with Gasteiger partial charge in [-0.3, -0.25) is 4.98 Å². The molecule has 0 aromatic carbocycles. The molecule has 1 rings (SSSR count). The maximum absolute atomic E-state index is 12.4. The van der Waals surface area contributed by atoms with E-state index in [1.54, 1.807) is 0 Å². The van der Waals surface area contributed by atoms with Crippen LogP contribution in [0.15, 0.2) is 12.3 Å². The van der Waals surface area contributed by atoms with Crippen LogP contribution in [-0.4, -0.2) is 25.0 Å². The molecule has 0 atom stereocenters. The van der Waals surface area contributed by atoms with Crippen molar-refractivity contribution in [2.24, 2.45) is 0 Å². The molecule has 0 saturated heterocycles. The molecule has 0 aliphatic carbocycles. The smallest absolute Gasteiger partial charge is 0.464 e. The third kappa shape index (κ3) is 3.85. The van der Waals surface area contributed by atoms with E-state index < -0.39 is 18.4 Å². The zero-order chi connectivity index (χ0) is 11.6. The zero-order valence-corrected chi connectivity index (χ0v) is 12.3. The summed E-state index contributed by atoms with van der Waals surface area (Å²) in [5.74, 6) is -0.751. The van der Waals surface area contributed by atoms with Gasteiger partial charge in [0.1, 0.15) is 5.69 Å². The number of carbonyl (C=O) groups excluding carboxylic acids is 1. The summed E-state index contributed by atoms with van der Waals surface area (Å²) < 4.78 is 41.4. The Labute approximate surface area is 133 Å². The van der Waals surface area contributed by atoms with Crippen molar-refractivity contribution in [2.75, 3.05) is 7.11 Å². The van der Waals surface area contributed by atoms with E-state index in [0.717, 1.165) is 13.2 Å². The summed E-state index contributed by atoms with van der Waals surface area (Å²) in [5.41, 5.74) is -0.945. The van der Waals surface area contributed by atoms with Crippen molar-refractivity contribution in [2.45, 2.75) is 6.92 Å². The largest absolute Gasteiger partial charge is 1.00 e. The van der Waals surface area contributed by atoms with Gasteiger partial charge in [-0.05, 0) is 13.0 Å². The predicted molar refractivity (Wildman–Crippen MR) is 49.0 cm³/mol. The molecular formula is C8H8BF3KNO2. The Bertz CT molecular complexity index is 397. The SMILES string of the molecule is COC(=O)c1cc(C)c([B-](F)(F)F)cn1.[K+]. The Kier molecular flexibility index (Phi) is 6.20. The molecular weight excluding hydrogens is 249 g/mol. The van der Waals surface area contributed by atoms with Crippen LogP contribution in [0.1, 0.15) is 16.1 Å². The fraction of sp³-hybridized carbons (Fsp3) is 0.250. The van der Waals surface area contributed by atoms with Crippen LogP contribution in [0, 0.1) is 6.92 Å². The Morgan fingerprint density at radius 1 is 1.44 bits per heavy atom. The Balaban J connectivity index is 0.00000225. The fourth-order valence-corrected chi connectivity index (χ4v) is 1.13. The number of nitrogens with zero attached hydrogens (tertiary/aromatic N) is 1. The number of hydrogen-bond acceptors (Lipinski definition) is 3. The molecule has 8 heteroatoms. The first-order valence-corrected chi connectivity index (χ1v) is 4.11. The van der Waals surface area contributed by atoms with Gasteiger partial charge in [0.2, 0.25) is 0 Å². The molecule has 1 aromatic heterocycles. The minimum absolute atomic E-state index is 0. The number of hydrogen-bond donors (Lipinski definition) is 0. The van der Waals surface area contributed by atoms with E-state index in [2.05, 4.69) is 9.72 Å². The number of ether oxygens (including phenoxy) is 1. The van der Waals surface area contributed by atoms with Gasteiger partial charge in [-0.15, -0.1) is 0 Å². The summed E-state index contributed by atoms with van der Waals surface area (Å²) in [7, 11) is 1.14. The van der Waals surface area contributed by atoms with E-state index in [0.29, 0.717) is 6.20 Å². The molecule has 0 unspecified atom stereocenters. The summed E-state index contributed by atoms with van der Waals surface area (Å²) in [5, 5.41) is 0. The number of carbonyl (C=O) groups is 1. The number of aromatic nitrogens is 1. The first kappa shape index (κ1) is 16.1. The van der Waals surface area contributed by atoms with Gasteiger partial charge in [0.15, 0.2) is 0 Å². The third-order valence-electron chi connectivity index (χ3n) is 1.90. The molecule has 0 fully saturated rings. The van der Waals surface area contributed by atoms with E-state index in [1.807, 2.05) is 0 Å². The second kappa shape index (κ2) is 6.15. The summed E-state index contributed by atoms with van der Waals surface area (Å²) in [6, 6.07) is 1.07. The average molecular weight is 257 g/mol. The van der Waals surface area contributed by atoms with Gasteiger partial charge in [0, 0.05) is 6.20 Å². The van der Waals surface area contributed by atoms with E-state index in [-0.39, 0.29) is 62.6 Å². The maximum atomic E-state index is 12.4. The molecule has 82 valence electrons. The Hall–Kier alpha value is 0.111. The number of methoxy groups -OCH3 is 1. The number of pyridine rings is 1. The molecule has 0 amide bonds. The normalized spacial score (nSPS) is 10.6. The van der Waals surface area contributed by atoms with Crippen LogP contribution < -0.4 is 56.8 Å². The van der Waals surface area contributed by atoms with Crippen LogP contribution >= 0.6 is 0 Å². The Morgan fingerprint density at radius 3 is 2.38 bits per heavy atom. The standard InChI is InChI=1S/C8H8BF3NO2.K/c1-5-3-7(8(14)15-2)13-4-6(5)9(10,11)12;/h3-4H,1-2H3;/q-1;+1. The topological polar surface area (TPSA) is 39.2 Å². The number of rotatable bonds is 2. The molecule has 1 heterocycles. The molecule has 3 nitrogen and oxygen atoms in total. The van der Waals surface area contributed by atoms with Crippen molar-refractivity contribution in [1.29, 1.82) is 0 Å². The van der Waals surface area contributed by atoms with Crippen LogP contribution in [0.4, 0.5) is 12.9 Å². The molecule has 1 aromatic rings. The van der Waals surface area contributed by atoms with Crippen LogP contribution in [0.5, 0.6) is 0 Å². The van der Waals surface area contributed by atoms with Crippen molar-refractivity contribution < 1.29 is 73.9 Å². The molecule has 0 saturated carbocycles. The van der Waals surface area contributed by atoms with Crippen LogP contribution in [0.3, 0.4) is 0 Å². The van der Waals surface area contributed by atoms with Crippen molar-refractivity contribution in [3.63, 3.8) is 0 Å². The maximum Gasteiger partial charge on any atom is 1.00 e. The van der Waals surface area contributed by atoms with Crippen LogP contribution in [0.25, 0.3) is 0 Å². The van der Waals surface area contributed by atoms with Gasteiger partial charge in [0.05, 0.1) is 7.11 Å². The second-order valence-electron chi connectivity index (χ2n) is 2.99. The fourth-order valence-electron chi connectivity index (χ4n) is 1.13. The summed E-state index contributed by atoms with van der Waals surface area (Å²) in [6.07, 6.45) is 0.654. The summed E-state index contributed by atoms with van der Waals surface area (Å²) in [4.78, 5) is 14.4. The van der Waals surface area contributed by atoms with Crippen LogP contribution in [0.2, 0.25) is 0 Å². The van der Waals surface area contributed by atoms with Crippen molar-refractivity contribution in [3.05, 3.63) is 23.5 Å². The molecule has 16 heavy (non-hydrogen) atoms. The number of esters is 1. The van der Waals surface area contributed by atoms with Gasteiger partial charge in [-0.2, -0.15) is 0 Å². The summed E-state index contributed by atoms with van der Waals surface area (Å²) >= 11 is 0. The Morgan fingerprint density at radius 2 is 2.00 bits per heavy atom. The van der Waals surface area contributed by atoms with Gasteiger partial charge < -0.3 is 17.7 Å². The molecule has 0 aliphatic rings. The molecule has 0 aliphatic heterocycles. The van der Waals surface area contributed by atoms with Crippen molar-refractivity contribution >= 4 is 18.4 Å². The molecule has 0 bridgehead atoms. The van der Waals surface area contributed by atoms with Crippen molar-refractivity contribution in [1.82, 2.24) is 4.98 Å². The van der Waals surface area contributed by atoms with Gasteiger partial charge in [0.25, 0.3) is 0 Å². The average Bonchev–Trinajstić information content (AvgIpc) is 2.14. The molecule has 0 N–H and O–H groups in total. The van der Waals surface area contributed by atoms with Crippen LogP contribution in [-0.2, 0) is 4.74 Å². The minimum Gasteiger partial charge on any atom is -0.464 e. The third-order valence-corrected chi connectivity index (χ3v) is 1.90. The number of aryl methyl sites for hydroxylation is 1. The van der Waals surface area contributed by atoms with Gasteiger partial charge in [-0.1, -0.05) is 11.0 Å².